The van der Waals surface area contributed by atoms with E-state index in [-0.39, 0.29) is 24.2 Å². The molecule has 170 valence electrons. The molecule has 33 heavy (non-hydrogen) atoms. The minimum atomic E-state index is -0.342. The van der Waals surface area contributed by atoms with Crippen LogP contribution in [0.2, 0.25) is 0 Å². The molecule has 0 radical (unpaired) electrons. The first-order valence-electron chi connectivity index (χ1n) is 11.3. The van der Waals surface area contributed by atoms with Gasteiger partial charge in [-0.15, -0.1) is 0 Å². The van der Waals surface area contributed by atoms with Crippen LogP contribution in [0.15, 0.2) is 54.6 Å². The van der Waals surface area contributed by atoms with Crippen LogP contribution in [0.4, 0.5) is 10.1 Å². The van der Waals surface area contributed by atoms with Gasteiger partial charge in [-0.1, -0.05) is 18.2 Å². The van der Waals surface area contributed by atoms with Gasteiger partial charge in [-0.05, 0) is 55.7 Å². The highest BCUT2D eigenvalue weighted by atomic mass is 19.1. The summed E-state index contributed by atoms with van der Waals surface area (Å²) in [6.07, 6.45) is 2.53. The number of aromatic nitrogens is 2. The highest BCUT2D eigenvalue weighted by Gasteiger charge is 2.28. The van der Waals surface area contributed by atoms with Crippen LogP contribution in [0, 0.1) is 5.82 Å². The number of piperazine rings is 1. The van der Waals surface area contributed by atoms with Crippen molar-refractivity contribution in [2.45, 2.75) is 19.3 Å². The summed E-state index contributed by atoms with van der Waals surface area (Å²) < 4.78 is 15.0. The lowest BCUT2D eigenvalue weighted by atomic mass is 10.2. The first-order valence-corrected chi connectivity index (χ1v) is 11.3. The van der Waals surface area contributed by atoms with E-state index in [0.717, 1.165) is 55.0 Å². The molecule has 1 N–H and O–H groups in total. The lowest BCUT2D eigenvalue weighted by molar-refractivity contribution is -0.130. The smallest absolute Gasteiger partial charge is 0.272 e. The molecule has 1 aliphatic heterocycles. The van der Waals surface area contributed by atoms with Crippen molar-refractivity contribution >= 4 is 17.5 Å². The minimum Gasteiger partial charge on any atom is -0.368 e. The van der Waals surface area contributed by atoms with Gasteiger partial charge in [0.15, 0.2) is 5.69 Å². The van der Waals surface area contributed by atoms with E-state index in [2.05, 4.69) is 27.4 Å². The first-order chi connectivity index (χ1) is 16.1. The van der Waals surface area contributed by atoms with Crippen LogP contribution in [-0.2, 0) is 17.6 Å². The van der Waals surface area contributed by atoms with Gasteiger partial charge >= 0.3 is 0 Å². The summed E-state index contributed by atoms with van der Waals surface area (Å²) in [6.45, 7) is 2.72. The molecule has 1 aromatic heterocycles. The number of hydrogen-bond donors (Lipinski definition) is 1. The molecule has 8 heteroatoms. The lowest BCUT2D eigenvalue weighted by Gasteiger charge is -2.36. The highest BCUT2D eigenvalue weighted by molar-refractivity contribution is 5.96. The van der Waals surface area contributed by atoms with Crippen LogP contribution < -0.4 is 10.2 Å². The molecule has 7 nitrogen and oxygen atoms in total. The fourth-order valence-corrected chi connectivity index (χ4v) is 4.62. The van der Waals surface area contributed by atoms with Crippen molar-refractivity contribution in [1.29, 1.82) is 0 Å². The molecule has 0 bridgehead atoms. The quantitative estimate of drug-likeness (QED) is 0.653. The summed E-state index contributed by atoms with van der Waals surface area (Å²) in [4.78, 5) is 29.7. The SMILES string of the molecule is O=C(NCC(=O)N1CCN(c2ccccc2)CC1)c1nn(-c2ccc(F)cc2)c2c1CCC2. The predicted molar refractivity (Wildman–Crippen MR) is 123 cm³/mol. The molecule has 1 fully saturated rings. The highest BCUT2D eigenvalue weighted by Crippen LogP contribution is 2.28. The Kier molecular flexibility index (Phi) is 5.81. The van der Waals surface area contributed by atoms with Gasteiger partial charge in [0.1, 0.15) is 5.82 Å². The number of benzene rings is 2. The molecule has 3 aromatic rings. The molecule has 2 aromatic carbocycles. The molecule has 1 aliphatic carbocycles. The van der Waals surface area contributed by atoms with Crippen LogP contribution in [0.5, 0.6) is 0 Å². The number of anilines is 1. The number of para-hydroxylation sites is 1. The standard InChI is InChI=1S/C25H26FN5O2/c26-18-9-11-20(12-10-18)31-22-8-4-7-21(22)24(28-31)25(33)27-17-23(32)30-15-13-29(14-16-30)19-5-2-1-3-6-19/h1-3,5-6,9-12H,4,7-8,13-17H2,(H,27,33). The zero-order chi connectivity index (χ0) is 22.8. The Morgan fingerprint density at radius 3 is 2.36 bits per heavy atom. The van der Waals surface area contributed by atoms with Gasteiger partial charge in [-0.2, -0.15) is 5.10 Å². The second-order valence-electron chi connectivity index (χ2n) is 8.40. The van der Waals surface area contributed by atoms with Crippen molar-refractivity contribution in [1.82, 2.24) is 20.0 Å². The zero-order valence-electron chi connectivity index (χ0n) is 18.3. The van der Waals surface area contributed by atoms with Gasteiger partial charge in [0.25, 0.3) is 5.91 Å². The fraction of sp³-hybridized carbons (Fsp3) is 0.320. The van der Waals surface area contributed by atoms with E-state index >= 15 is 0 Å². The van der Waals surface area contributed by atoms with Crippen LogP contribution in [0.25, 0.3) is 5.69 Å². The van der Waals surface area contributed by atoms with Crippen LogP contribution in [0.3, 0.4) is 0 Å². The molecule has 5 rings (SSSR count). The Labute approximate surface area is 191 Å². The van der Waals surface area contributed by atoms with E-state index < -0.39 is 0 Å². The Bertz CT molecular complexity index is 1150. The van der Waals surface area contributed by atoms with Gasteiger partial charge in [0, 0.05) is 43.1 Å². The number of amides is 2. The second-order valence-corrected chi connectivity index (χ2v) is 8.40. The third-order valence-corrected chi connectivity index (χ3v) is 6.37. The average molecular weight is 448 g/mol. The number of halogens is 1. The van der Waals surface area contributed by atoms with Gasteiger partial charge < -0.3 is 15.1 Å². The van der Waals surface area contributed by atoms with Crippen molar-refractivity contribution in [2.75, 3.05) is 37.6 Å². The topological polar surface area (TPSA) is 70.5 Å². The Morgan fingerprint density at radius 2 is 1.64 bits per heavy atom. The van der Waals surface area contributed by atoms with Crippen molar-refractivity contribution in [3.05, 3.63) is 77.4 Å². The first kappa shape index (κ1) is 21.2. The van der Waals surface area contributed by atoms with Crippen LogP contribution in [0.1, 0.15) is 28.2 Å². The molecule has 0 saturated carbocycles. The maximum absolute atomic E-state index is 13.3. The van der Waals surface area contributed by atoms with Crippen molar-refractivity contribution in [3.8, 4) is 5.69 Å². The minimum absolute atomic E-state index is 0.0532. The molecule has 0 unspecified atom stereocenters. The van der Waals surface area contributed by atoms with Crippen LogP contribution >= 0.6 is 0 Å². The second kappa shape index (κ2) is 9.05. The number of fused-ring (bicyclic) bond motifs is 1. The Morgan fingerprint density at radius 1 is 0.909 bits per heavy atom. The van der Waals surface area contributed by atoms with Crippen molar-refractivity contribution in [2.24, 2.45) is 0 Å². The third-order valence-electron chi connectivity index (χ3n) is 6.37. The van der Waals surface area contributed by atoms with Crippen molar-refractivity contribution in [3.63, 3.8) is 0 Å². The number of nitrogens with one attached hydrogen (secondary N) is 1. The summed E-state index contributed by atoms with van der Waals surface area (Å²) in [5.41, 5.74) is 4.13. The average Bonchev–Trinajstić information content (AvgIpc) is 3.47. The van der Waals surface area contributed by atoms with E-state index in [1.807, 2.05) is 18.2 Å². The summed E-state index contributed by atoms with van der Waals surface area (Å²) in [5.74, 6) is -0.750. The Hall–Kier alpha value is -3.68. The largest absolute Gasteiger partial charge is 0.368 e. The molecule has 2 aliphatic rings. The zero-order valence-corrected chi connectivity index (χ0v) is 18.3. The summed E-state index contributed by atoms with van der Waals surface area (Å²) in [5, 5.41) is 7.28. The van der Waals surface area contributed by atoms with Gasteiger partial charge in [-0.25, -0.2) is 9.07 Å². The summed E-state index contributed by atoms with van der Waals surface area (Å²) in [6, 6.07) is 16.2. The molecule has 0 spiro atoms. The molecule has 1 saturated heterocycles. The van der Waals surface area contributed by atoms with E-state index in [1.54, 1.807) is 21.7 Å². The number of rotatable bonds is 5. The monoisotopic (exact) mass is 447 g/mol. The number of carbonyl (C=O) groups excluding carboxylic acids is 2. The lowest BCUT2D eigenvalue weighted by Crippen LogP contribution is -2.51. The maximum Gasteiger partial charge on any atom is 0.272 e. The van der Waals surface area contributed by atoms with Gasteiger partial charge in [0.2, 0.25) is 5.91 Å². The molecule has 0 atom stereocenters. The van der Waals surface area contributed by atoms with E-state index in [0.29, 0.717) is 18.8 Å². The molecular formula is C25H26FN5O2. The molecule has 2 heterocycles. The van der Waals surface area contributed by atoms with E-state index in [4.69, 9.17) is 0 Å². The normalized spacial score (nSPS) is 15.4. The number of nitrogens with zero attached hydrogens (tertiary/aromatic N) is 4. The summed E-state index contributed by atoms with van der Waals surface area (Å²) in [7, 11) is 0. The maximum atomic E-state index is 13.3. The summed E-state index contributed by atoms with van der Waals surface area (Å²) >= 11 is 0. The Balaban J connectivity index is 1.21. The van der Waals surface area contributed by atoms with E-state index in [1.165, 1.54) is 12.1 Å². The van der Waals surface area contributed by atoms with Gasteiger partial charge in [-0.3, -0.25) is 9.59 Å². The fourth-order valence-electron chi connectivity index (χ4n) is 4.62. The molecule has 2 amide bonds. The van der Waals surface area contributed by atoms with E-state index in [9.17, 15) is 14.0 Å². The van der Waals surface area contributed by atoms with Gasteiger partial charge in [0.05, 0.1) is 12.2 Å². The molecular weight excluding hydrogens is 421 g/mol. The third kappa shape index (κ3) is 4.33. The predicted octanol–water partition coefficient (Wildman–Crippen LogP) is 2.58. The van der Waals surface area contributed by atoms with Crippen molar-refractivity contribution < 1.29 is 14.0 Å². The number of carbonyl (C=O) groups is 2. The number of hydrogen-bond acceptors (Lipinski definition) is 4. The van der Waals surface area contributed by atoms with Crippen LogP contribution in [-0.4, -0.2) is 59.2 Å².